The van der Waals surface area contributed by atoms with Crippen LogP contribution in [0.15, 0.2) is 41.0 Å². The molecule has 18 heavy (non-hydrogen) atoms. The highest BCUT2D eigenvalue weighted by Crippen LogP contribution is 2.22. The molecule has 1 aromatic carbocycles. The monoisotopic (exact) mass is 306 g/mol. The van der Waals surface area contributed by atoms with Gasteiger partial charge in [0.1, 0.15) is 5.82 Å². The summed E-state index contributed by atoms with van der Waals surface area (Å²) in [6, 6.07) is 8.74. The molecule has 0 unspecified atom stereocenters. The molecule has 0 aliphatic carbocycles. The van der Waals surface area contributed by atoms with Crippen molar-refractivity contribution in [2.45, 2.75) is 6.92 Å². The normalized spacial score (nSPS) is 10.1. The fourth-order valence-electron chi connectivity index (χ4n) is 1.50. The van der Waals surface area contributed by atoms with Gasteiger partial charge in [0, 0.05) is 16.4 Å². The van der Waals surface area contributed by atoms with Gasteiger partial charge in [0.25, 0.3) is 0 Å². The van der Waals surface area contributed by atoms with Gasteiger partial charge in [0.2, 0.25) is 0 Å². The summed E-state index contributed by atoms with van der Waals surface area (Å²) in [6.07, 6.45) is 1.47. The predicted molar refractivity (Wildman–Crippen MR) is 73.4 cm³/mol. The van der Waals surface area contributed by atoms with Crippen LogP contribution in [0.25, 0.3) is 0 Å². The van der Waals surface area contributed by atoms with E-state index in [1.807, 2.05) is 25.1 Å². The molecular formula is C13H11BrN2O2. The molecule has 0 amide bonds. The van der Waals surface area contributed by atoms with Crippen LogP contribution in [0.3, 0.4) is 0 Å². The number of carboxylic acids is 1. The average molecular weight is 307 g/mol. The number of hydrogen-bond donors (Lipinski definition) is 2. The van der Waals surface area contributed by atoms with E-state index >= 15 is 0 Å². The number of aromatic nitrogens is 1. The third-order valence-electron chi connectivity index (χ3n) is 2.44. The van der Waals surface area contributed by atoms with Gasteiger partial charge in [-0.1, -0.05) is 15.9 Å². The minimum Gasteiger partial charge on any atom is -0.478 e. The highest BCUT2D eigenvalue weighted by molar-refractivity contribution is 9.10. The van der Waals surface area contributed by atoms with Crippen molar-refractivity contribution in [1.82, 2.24) is 4.98 Å². The van der Waals surface area contributed by atoms with Crippen LogP contribution in [0.2, 0.25) is 0 Å². The van der Waals surface area contributed by atoms with Gasteiger partial charge >= 0.3 is 5.97 Å². The van der Waals surface area contributed by atoms with Crippen LogP contribution in [0, 0.1) is 6.92 Å². The lowest BCUT2D eigenvalue weighted by atomic mass is 10.2. The molecule has 0 fully saturated rings. The van der Waals surface area contributed by atoms with Crippen molar-refractivity contribution >= 4 is 33.4 Å². The number of nitrogens with one attached hydrogen (secondary N) is 1. The zero-order chi connectivity index (χ0) is 13.1. The van der Waals surface area contributed by atoms with Gasteiger partial charge in [-0.15, -0.1) is 0 Å². The number of rotatable bonds is 3. The van der Waals surface area contributed by atoms with Gasteiger partial charge in [-0.3, -0.25) is 0 Å². The summed E-state index contributed by atoms with van der Waals surface area (Å²) in [6.45, 7) is 1.98. The second-order valence-corrected chi connectivity index (χ2v) is 4.68. The van der Waals surface area contributed by atoms with Gasteiger partial charge < -0.3 is 10.4 Å². The van der Waals surface area contributed by atoms with Crippen molar-refractivity contribution in [2.24, 2.45) is 0 Å². The van der Waals surface area contributed by atoms with Crippen molar-refractivity contribution in [3.63, 3.8) is 0 Å². The predicted octanol–water partition coefficient (Wildman–Crippen LogP) is 3.59. The number of benzene rings is 1. The lowest BCUT2D eigenvalue weighted by Gasteiger charge is -2.07. The Bertz CT molecular complexity index is 599. The maximum Gasteiger partial charge on any atom is 0.335 e. The largest absolute Gasteiger partial charge is 0.478 e. The number of halogens is 1. The first-order valence-corrected chi connectivity index (χ1v) is 6.08. The number of carboxylic acid groups (broad SMARTS) is 1. The molecule has 1 heterocycles. The summed E-state index contributed by atoms with van der Waals surface area (Å²) in [5, 5.41) is 12.0. The third-order valence-corrected chi connectivity index (χ3v) is 3.33. The molecule has 0 atom stereocenters. The van der Waals surface area contributed by atoms with E-state index in [2.05, 4.69) is 26.2 Å². The van der Waals surface area contributed by atoms with E-state index < -0.39 is 5.97 Å². The molecule has 0 bridgehead atoms. The molecule has 0 aliphatic rings. The van der Waals surface area contributed by atoms with E-state index in [-0.39, 0.29) is 5.56 Å². The Morgan fingerprint density at radius 1 is 1.33 bits per heavy atom. The number of pyridine rings is 1. The average Bonchev–Trinajstić information content (AvgIpc) is 2.34. The second kappa shape index (κ2) is 5.18. The molecule has 1 aromatic heterocycles. The topological polar surface area (TPSA) is 62.2 Å². The fraction of sp³-hybridized carbons (Fsp3) is 0.0769. The van der Waals surface area contributed by atoms with Gasteiger partial charge in [-0.2, -0.15) is 0 Å². The number of carbonyl (C=O) groups is 1. The zero-order valence-corrected chi connectivity index (χ0v) is 11.2. The summed E-state index contributed by atoms with van der Waals surface area (Å²) < 4.78 is 1.03. The third kappa shape index (κ3) is 2.87. The van der Waals surface area contributed by atoms with Gasteiger partial charge in [-0.25, -0.2) is 9.78 Å². The molecule has 2 aromatic rings. The minimum atomic E-state index is -0.965. The van der Waals surface area contributed by atoms with E-state index in [9.17, 15) is 4.79 Å². The number of anilines is 2. The molecule has 0 saturated carbocycles. The Morgan fingerprint density at radius 3 is 2.78 bits per heavy atom. The summed E-state index contributed by atoms with van der Waals surface area (Å²) in [5.41, 5.74) is 2.17. The van der Waals surface area contributed by atoms with Crippen LogP contribution >= 0.6 is 15.9 Å². The Balaban J connectivity index is 2.25. The maximum absolute atomic E-state index is 10.8. The van der Waals surface area contributed by atoms with Gasteiger partial charge in [0.05, 0.1) is 5.56 Å². The van der Waals surface area contributed by atoms with Crippen molar-refractivity contribution in [3.05, 3.63) is 52.1 Å². The van der Waals surface area contributed by atoms with Crippen LogP contribution in [0.4, 0.5) is 11.5 Å². The van der Waals surface area contributed by atoms with Crippen molar-refractivity contribution in [3.8, 4) is 0 Å². The fourth-order valence-corrected chi connectivity index (χ4v) is 1.75. The Labute approximate surface area is 113 Å². The van der Waals surface area contributed by atoms with Crippen molar-refractivity contribution in [2.75, 3.05) is 5.32 Å². The molecule has 5 heteroatoms. The van der Waals surface area contributed by atoms with E-state index in [1.54, 1.807) is 0 Å². The summed E-state index contributed by atoms with van der Waals surface area (Å²) in [4.78, 5) is 14.9. The molecule has 0 aliphatic heterocycles. The summed E-state index contributed by atoms with van der Waals surface area (Å²) in [5.74, 6) is -0.455. The maximum atomic E-state index is 10.8. The van der Waals surface area contributed by atoms with Crippen LogP contribution in [-0.4, -0.2) is 16.1 Å². The number of hydrogen-bond acceptors (Lipinski definition) is 3. The quantitative estimate of drug-likeness (QED) is 0.909. The zero-order valence-electron chi connectivity index (χ0n) is 9.64. The van der Waals surface area contributed by atoms with Gasteiger partial charge in [-0.05, 0) is 42.8 Å². The second-order valence-electron chi connectivity index (χ2n) is 3.82. The first-order valence-electron chi connectivity index (χ1n) is 5.29. The lowest BCUT2D eigenvalue weighted by molar-refractivity contribution is 0.0697. The van der Waals surface area contributed by atoms with Crippen molar-refractivity contribution < 1.29 is 9.90 Å². The Kier molecular flexibility index (Phi) is 3.62. The Hall–Kier alpha value is -1.88. The van der Waals surface area contributed by atoms with Crippen LogP contribution in [-0.2, 0) is 0 Å². The minimum absolute atomic E-state index is 0.210. The highest BCUT2D eigenvalue weighted by atomic mass is 79.9. The van der Waals surface area contributed by atoms with E-state index in [1.165, 1.54) is 18.3 Å². The molecule has 92 valence electrons. The molecular weight excluding hydrogens is 296 g/mol. The summed E-state index contributed by atoms with van der Waals surface area (Å²) >= 11 is 3.42. The van der Waals surface area contributed by atoms with Crippen LogP contribution in [0.1, 0.15) is 15.9 Å². The standard InChI is InChI=1S/C13H11BrN2O2/c1-8-6-10(2-3-11(8)14)16-12-7-9(13(17)18)4-5-15-12/h2-7H,1H3,(H,15,16)(H,17,18). The summed E-state index contributed by atoms with van der Waals surface area (Å²) in [7, 11) is 0. The van der Waals surface area contributed by atoms with Crippen LogP contribution in [0.5, 0.6) is 0 Å². The number of aromatic carboxylic acids is 1. The number of aryl methyl sites for hydroxylation is 1. The van der Waals surface area contributed by atoms with Crippen molar-refractivity contribution in [1.29, 1.82) is 0 Å². The van der Waals surface area contributed by atoms with Crippen LogP contribution < -0.4 is 5.32 Å². The van der Waals surface area contributed by atoms with Gasteiger partial charge in [0.15, 0.2) is 0 Å². The SMILES string of the molecule is Cc1cc(Nc2cc(C(=O)O)ccn2)ccc1Br. The molecule has 2 N–H and O–H groups in total. The molecule has 0 radical (unpaired) electrons. The first-order chi connectivity index (χ1) is 8.56. The number of nitrogens with zero attached hydrogens (tertiary/aromatic N) is 1. The molecule has 0 spiro atoms. The first kappa shape index (κ1) is 12.6. The van der Waals surface area contributed by atoms with E-state index in [4.69, 9.17) is 5.11 Å². The van der Waals surface area contributed by atoms with E-state index in [0.29, 0.717) is 5.82 Å². The molecule has 4 nitrogen and oxygen atoms in total. The molecule has 0 saturated heterocycles. The Morgan fingerprint density at radius 2 is 2.11 bits per heavy atom. The lowest BCUT2D eigenvalue weighted by Crippen LogP contribution is -2.00. The highest BCUT2D eigenvalue weighted by Gasteiger charge is 2.04. The molecule has 2 rings (SSSR count). The van der Waals surface area contributed by atoms with E-state index in [0.717, 1.165) is 15.7 Å². The smallest absolute Gasteiger partial charge is 0.335 e.